The first-order chi connectivity index (χ1) is 12.6. The van der Waals surface area contributed by atoms with Gasteiger partial charge in [0.25, 0.3) is 5.91 Å². The van der Waals surface area contributed by atoms with E-state index in [0.717, 1.165) is 34.2 Å². The van der Waals surface area contributed by atoms with E-state index in [1.165, 1.54) is 5.56 Å². The molecule has 0 N–H and O–H groups in total. The standard InChI is InChI=1S/C21H22N2O3/c1-22-8-6-14-4-5-16(10-18(14)22)21(24)23-9-7-15-11-19(25-2)20(26-3)12-17(15)13-23/h4-6,8,10-12H,7,9,13H2,1-3H3. The molecule has 26 heavy (non-hydrogen) atoms. The number of benzene rings is 2. The molecule has 0 atom stereocenters. The Kier molecular flexibility index (Phi) is 4.07. The molecule has 3 aromatic rings. The van der Waals surface area contributed by atoms with E-state index < -0.39 is 0 Å². The summed E-state index contributed by atoms with van der Waals surface area (Å²) < 4.78 is 12.8. The van der Waals surface area contributed by atoms with E-state index in [2.05, 4.69) is 6.07 Å². The van der Waals surface area contributed by atoms with E-state index in [0.29, 0.717) is 18.8 Å². The molecule has 1 amide bonds. The molecule has 2 heterocycles. The molecule has 1 aliphatic rings. The molecule has 0 saturated carbocycles. The predicted molar refractivity (Wildman–Crippen MR) is 101 cm³/mol. The summed E-state index contributed by atoms with van der Waals surface area (Å²) in [4.78, 5) is 14.9. The molecule has 0 spiro atoms. The van der Waals surface area contributed by atoms with Crippen molar-refractivity contribution >= 4 is 16.8 Å². The van der Waals surface area contributed by atoms with Crippen LogP contribution in [0.1, 0.15) is 21.5 Å². The largest absolute Gasteiger partial charge is 0.493 e. The van der Waals surface area contributed by atoms with Crippen molar-refractivity contribution in [2.45, 2.75) is 13.0 Å². The highest BCUT2D eigenvalue weighted by atomic mass is 16.5. The van der Waals surface area contributed by atoms with Crippen molar-refractivity contribution in [3.63, 3.8) is 0 Å². The fraction of sp³-hybridized carbons (Fsp3) is 0.286. The summed E-state index contributed by atoms with van der Waals surface area (Å²) in [5, 5.41) is 1.14. The zero-order valence-corrected chi connectivity index (χ0v) is 15.3. The Labute approximate surface area is 152 Å². The first-order valence-corrected chi connectivity index (χ1v) is 8.69. The van der Waals surface area contributed by atoms with Gasteiger partial charge in [0.05, 0.1) is 14.2 Å². The van der Waals surface area contributed by atoms with E-state index >= 15 is 0 Å². The SMILES string of the molecule is COc1cc2c(cc1OC)CN(C(=O)c1ccc3ccn(C)c3c1)CC2. The third-order valence-electron chi connectivity index (χ3n) is 5.14. The van der Waals surface area contributed by atoms with Crippen LogP contribution in [0.4, 0.5) is 0 Å². The molecular weight excluding hydrogens is 328 g/mol. The Balaban J connectivity index is 1.63. The highest BCUT2D eigenvalue weighted by Crippen LogP contribution is 2.33. The molecular formula is C21H22N2O3. The molecule has 0 bridgehead atoms. The van der Waals surface area contributed by atoms with Gasteiger partial charge in [0.15, 0.2) is 11.5 Å². The quantitative estimate of drug-likeness (QED) is 0.727. The molecule has 5 heteroatoms. The number of fused-ring (bicyclic) bond motifs is 2. The topological polar surface area (TPSA) is 43.7 Å². The van der Waals surface area contributed by atoms with Gasteiger partial charge in [-0.1, -0.05) is 6.07 Å². The summed E-state index contributed by atoms with van der Waals surface area (Å²) in [5.41, 5.74) is 4.12. The number of aryl methyl sites for hydroxylation is 1. The van der Waals surface area contributed by atoms with Gasteiger partial charge in [-0.2, -0.15) is 0 Å². The lowest BCUT2D eigenvalue weighted by Gasteiger charge is -2.29. The lowest BCUT2D eigenvalue weighted by Crippen LogP contribution is -2.36. The van der Waals surface area contributed by atoms with E-state index in [4.69, 9.17) is 9.47 Å². The van der Waals surface area contributed by atoms with Crippen LogP contribution in [0, 0.1) is 0 Å². The van der Waals surface area contributed by atoms with Crippen LogP contribution in [0.15, 0.2) is 42.6 Å². The number of carbonyl (C=O) groups is 1. The molecule has 134 valence electrons. The van der Waals surface area contributed by atoms with Gasteiger partial charge in [-0.25, -0.2) is 0 Å². The maximum atomic E-state index is 13.0. The van der Waals surface area contributed by atoms with Gasteiger partial charge in [0, 0.05) is 37.4 Å². The van der Waals surface area contributed by atoms with E-state index in [1.54, 1.807) is 14.2 Å². The number of hydrogen-bond acceptors (Lipinski definition) is 3. The van der Waals surface area contributed by atoms with Gasteiger partial charge >= 0.3 is 0 Å². The summed E-state index contributed by atoms with van der Waals surface area (Å²) in [7, 11) is 5.26. The summed E-state index contributed by atoms with van der Waals surface area (Å²) in [6.45, 7) is 1.28. The van der Waals surface area contributed by atoms with Crippen LogP contribution < -0.4 is 9.47 Å². The monoisotopic (exact) mass is 350 g/mol. The molecule has 0 saturated heterocycles. The number of amides is 1. The van der Waals surface area contributed by atoms with Gasteiger partial charge in [0.2, 0.25) is 0 Å². The zero-order chi connectivity index (χ0) is 18.3. The summed E-state index contributed by atoms with van der Waals surface area (Å²) in [6, 6.07) is 11.9. The molecule has 4 rings (SSSR count). The summed E-state index contributed by atoms with van der Waals surface area (Å²) >= 11 is 0. The van der Waals surface area contributed by atoms with Crippen molar-refractivity contribution in [3.8, 4) is 11.5 Å². The van der Waals surface area contributed by atoms with Crippen LogP contribution >= 0.6 is 0 Å². The first-order valence-electron chi connectivity index (χ1n) is 8.69. The summed E-state index contributed by atoms with van der Waals surface area (Å²) in [5.74, 6) is 1.50. The number of ether oxygens (including phenoxy) is 2. The second-order valence-corrected chi connectivity index (χ2v) is 6.65. The minimum Gasteiger partial charge on any atom is -0.493 e. The van der Waals surface area contributed by atoms with Crippen LogP contribution in [-0.2, 0) is 20.0 Å². The number of carbonyl (C=O) groups excluding carboxylic acids is 1. The van der Waals surface area contributed by atoms with E-state index in [1.807, 2.05) is 53.0 Å². The van der Waals surface area contributed by atoms with Crippen molar-refractivity contribution in [2.24, 2.45) is 7.05 Å². The molecule has 0 unspecified atom stereocenters. The maximum absolute atomic E-state index is 13.0. The van der Waals surface area contributed by atoms with Crippen molar-refractivity contribution < 1.29 is 14.3 Å². The molecule has 2 aromatic carbocycles. The minimum absolute atomic E-state index is 0.0635. The Bertz CT molecular complexity index is 990. The number of hydrogen-bond donors (Lipinski definition) is 0. The normalized spacial score (nSPS) is 13.6. The highest BCUT2D eigenvalue weighted by molar-refractivity contribution is 5.98. The van der Waals surface area contributed by atoms with Crippen molar-refractivity contribution in [2.75, 3.05) is 20.8 Å². The average Bonchev–Trinajstić information content (AvgIpc) is 3.06. The summed E-state index contributed by atoms with van der Waals surface area (Å²) in [6.07, 6.45) is 2.82. The molecule has 0 aliphatic carbocycles. The van der Waals surface area contributed by atoms with Crippen LogP contribution in [0.2, 0.25) is 0 Å². The fourth-order valence-electron chi connectivity index (χ4n) is 3.63. The Morgan fingerprint density at radius 3 is 2.46 bits per heavy atom. The Morgan fingerprint density at radius 2 is 1.73 bits per heavy atom. The van der Waals surface area contributed by atoms with Crippen LogP contribution in [0.25, 0.3) is 10.9 Å². The van der Waals surface area contributed by atoms with Crippen LogP contribution in [0.3, 0.4) is 0 Å². The molecule has 0 radical (unpaired) electrons. The molecule has 5 nitrogen and oxygen atoms in total. The Morgan fingerprint density at radius 1 is 1.00 bits per heavy atom. The maximum Gasteiger partial charge on any atom is 0.254 e. The highest BCUT2D eigenvalue weighted by Gasteiger charge is 2.24. The zero-order valence-electron chi connectivity index (χ0n) is 15.3. The first kappa shape index (κ1) is 16.5. The van der Waals surface area contributed by atoms with Crippen molar-refractivity contribution in [1.82, 2.24) is 9.47 Å². The van der Waals surface area contributed by atoms with Crippen LogP contribution in [-0.4, -0.2) is 36.1 Å². The van der Waals surface area contributed by atoms with Gasteiger partial charge < -0.3 is 18.9 Å². The molecule has 1 aliphatic heterocycles. The van der Waals surface area contributed by atoms with Gasteiger partial charge in [-0.3, -0.25) is 4.79 Å². The average molecular weight is 350 g/mol. The van der Waals surface area contributed by atoms with Gasteiger partial charge in [-0.15, -0.1) is 0 Å². The lowest BCUT2D eigenvalue weighted by molar-refractivity contribution is 0.0734. The predicted octanol–water partition coefficient (Wildman–Crippen LogP) is 3.39. The van der Waals surface area contributed by atoms with E-state index in [9.17, 15) is 4.79 Å². The fourth-order valence-corrected chi connectivity index (χ4v) is 3.63. The lowest BCUT2D eigenvalue weighted by atomic mass is 9.98. The van der Waals surface area contributed by atoms with Gasteiger partial charge in [-0.05, 0) is 53.3 Å². The Hall–Kier alpha value is -2.95. The molecule has 0 fully saturated rings. The van der Waals surface area contributed by atoms with Crippen molar-refractivity contribution in [3.05, 3.63) is 59.3 Å². The van der Waals surface area contributed by atoms with Crippen molar-refractivity contribution in [1.29, 1.82) is 0 Å². The number of methoxy groups -OCH3 is 2. The van der Waals surface area contributed by atoms with E-state index in [-0.39, 0.29) is 5.91 Å². The van der Waals surface area contributed by atoms with Crippen LogP contribution in [0.5, 0.6) is 11.5 Å². The molecule has 1 aromatic heterocycles. The third kappa shape index (κ3) is 2.69. The second-order valence-electron chi connectivity index (χ2n) is 6.65. The minimum atomic E-state index is 0.0635. The third-order valence-corrected chi connectivity index (χ3v) is 5.14. The van der Waals surface area contributed by atoms with Gasteiger partial charge in [0.1, 0.15) is 0 Å². The number of rotatable bonds is 3. The second kappa shape index (κ2) is 6.41. The number of nitrogens with zero attached hydrogens (tertiary/aromatic N) is 2. The smallest absolute Gasteiger partial charge is 0.254 e. The number of aromatic nitrogens is 1.